The molecule has 1 N–H and O–H groups in total. The first-order valence-electron chi connectivity index (χ1n) is 11.4. The summed E-state index contributed by atoms with van der Waals surface area (Å²) in [6.45, 7) is 1.76. The van der Waals surface area contributed by atoms with Gasteiger partial charge in [0.2, 0.25) is 0 Å². The number of benzene rings is 1. The molecule has 1 aromatic rings. The molecule has 7 heteroatoms. The largest absolute Gasteiger partial charge is 0.455 e. The predicted octanol–water partition coefficient (Wildman–Crippen LogP) is 2.68. The van der Waals surface area contributed by atoms with Crippen molar-refractivity contribution in [3.05, 3.63) is 35.4 Å². The molecule has 1 heterocycles. The number of carbonyl (C=O) groups excluding carboxylic acids is 2. The van der Waals surface area contributed by atoms with Crippen LogP contribution in [0.25, 0.3) is 0 Å². The minimum atomic E-state index is -3.06. The van der Waals surface area contributed by atoms with Gasteiger partial charge in [-0.15, -0.1) is 0 Å². The second-order valence-corrected chi connectivity index (χ2v) is 12.9. The van der Waals surface area contributed by atoms with Crippen molar-refractivity contribution in [3.63, 3.8) is 0 Å². The van der Waals surface area contributed by atoms with Crippen molar-refractivity contribution in [2.75, 3.05) is 18.1 Å². The van der Waals surface area contributed by atoms with Crippen LogP contribution in [0.2, 0.25) is 0 Å². The number of hydrogen-bond donors (Lipinski definition) is 1. The average Bonchev–Trinajstić information content (AvgIpc) is 3.03. The molecule has 5 aliphatic rings. The highest BCUT2D eigenvalue weighted by Gasteiger charge is 2.61. The summed E-state index contributed by atoms with van der Waals surface area (Å²) in [6, 6.07) is 8.40. The van der Waals surface area contributed by atoms with E-state index in [0.29, 0.717) is 18.3 Å². The van der Waals surface area contributed by atoms with E-state index in [0.717, 1.165) is 32.1 Å². The molecule has 0 aromatic heterocycles. The van der Waals surface area contributed by atoms with Gasteiger partial charge in [0.25, 0.3) is 5.91 Å². The smallest absolute Gasteiger partial charge is 0.312 e. The topological polar surface area (TPSA) is 89.5 Å². The molecular formula is C24H31NO5S. The van der Waals surface area contributed by atoms with Gasteiger partial charge >= 0.3 is 5.97 Å². The fourth-order valence-corrected chi connectivity index (χ4v) is 8.88. The molecule has 4 saturated carbocycles. The second kappa shape index (κ2) is 7.32. The Hall–Kier alpha value is -1.89. The molecule has 168 valence electrons. The number of aryl methyl sites for hydroxylation is 1. The SMILES string of the molecule is Cc1ccc(C23C[C@H]4C[C@@H](CC(C(=O)OCC(=O)N[C@H]5CCS(=O)(=O)C5)(C4)C2)C3)cc1. The van der Waals surface area contributed by atoms with Gasteiger partial charge in [0.05, 0.1) is 16.9 Å². The van der Waals surface area contributed by atoms with Gasteiger partial charge in [0.1, 0.15) is 0 Å². The Bertz CT molecular complexity index is 985. The van der Waals surface area contributed by atoms with Crippen LogP contribution in [0.1, 0.15) is 56.1 Å². The standard InChI is InChI=1S/C24H31NO5S/c1-16-2-4-19(5-3-16)23-9-17-8-18(10-23)12-24(11-17,15-23)22(27)30-13-21(26)25-20-6-7-31(28,29)14-20/h2-5,17-18,20H,6-15H2,1H3,(H,25,26)/t17-,18-,20+,23?,24?/m1/s1. The summed E-state index contributed by atoms with van der Waals surface area (Å²) >= 11 is 0. The van der Waals surface area contributed by atoms with Crippen LogP contribution in [-0.4, -0.2) is 44.4 Å². The summed E-state index contributed by atoms with van der Waals surface area (Å²) in [7, 11) is -3.06. The van der Waals surface area contributed by atoms with E-state index in [2.05, 4.69) is 36.5 Å². The first-order valence-corrected chi connectivity index (χ1v) is 13.2. The molecule has 0 unspecified atom stereocenters. The fourth-order valence-electron chi connectivity index (χ4n) is 7.21. The maximum atomic E-state index is 13.3. The van der Waals surface area contributed by atoms with E-state index in [1.54, 1.807) is 0 Å². The minimum Gasteiger partial charge on any atom is -0.455 e. The molecule has 1 saturated heterocycles. The van der Waals surface area contributed by atoms with E-state index in [4.69, 9.17) is 4.74 Å². The van der Waals surface area contributed by atoms with E-state index in [9.17, 15) is 18.0 Å². The van der Waals surface area contributed by atoms with Crippen LogP contribution in [0, 0.1) is 24.2 Å². The van der Waals surface area contributed by atoms with Gasteiger partial charge in [-0.1, -0.05) is 29.8 Å². The second-order valence-electron chi connectivity index (χ2n) is 10.6. The van der Waals surface area contributed by atoms with Gasteiger partial charge in [-0.05, 0) is 74.7 Å². The van der Waals surface area contributed by atoms with E-state index in [-0.39, 0.29) is 35.5 Å². The van der Waals surface area contributed by atoms with Gasteiger partial charge < -0.3 is 10.1 Å². The first-order chi connectivity index (χ1) is 14.7. The van der Waals surface area contributed by atoms with Crippen LogP contribution in [0.15, 0.2) is 24.3 Å². The maximum absolute atomic E-state index is 13.3. The van der Waals surface area contributed by atoms with Crippen LogP contribution in [-0.2, 0) is 29.6 Å². The van der Waals surface area contributed by atoms with Crippen LogP contribution in [0.4, 0.5) is 0 Å². The molecule has 1 aromatic carbocycles. The zero-order valence-corrected chi connectivity index (χ0v) is 18.9. The Morgan fingerprint density at radius 2 is 1.77 bits per heavy atom. The van der Waals surface area contributed by atoms with Crippen molar-refractivity contribution in [2.24, 2.45) is 17.3 Å². The Morgan fingerprint density at radius 3 is 2.39 bits per heavy atom. The monoisotopic (exact) mass is 445 g/mol. The predicted molar refractivity (Wildman–Crippen MR) is 116 cm³/mol. The third-order valence-corrected chi connectivity index (χ3v) is 9.86. The molecule has 0 spiro atoms. The first kappa shape index (κ1) is 21.0. The number of hydrogen-bond acceptors (Lipinski definition) is 5. The highest BCUT2D eigenvalue weighted by atomic mass is 32.2. The number of sulfone groups is 1. The van der Waals surface area contributed by atoms with Crippen LogP contribution < -0.4 is 5.32 Å². The molecule has 4 aliphatic carbocycles. The highest BCUT2D eigenvalue weighted by molar-refractivity contribution is 7.91. The van der Waals surface area contributed by atoms with E-state index in [1.165, 1.54) is 17.5 Å². The summed E-state index contributed by atoms with van der Waals surface area (Å²) in [5, 5.41) is 2.71. The summed E-state index contributed by atoms with van der Waals surface area (Å²) in [5.41, 5.74) is 2.12. The van der Waals surface area contributed by atoms with E-state index >= 15 is 0 Å². The van der Waals surface area contributed by atoms with Gasteiger partial charge in [-0.2, -0.15) is 0 Å². The third-order valence-electron chi connectivity index (χ3n) is 8.09. The summed E-state index contributed by atoms with van der Waals surface area (Å²) in [6.07, 6.45) is 6.42. The fraction of sp³-hybridized carbons (Fsp3) is 0.667. The van der Waals surface area contributed by atoms with Gasteiger partial charge in [-0.3, -0.25) is 9.59 Å². The average molecular weight is 446 g/mol. The number of nitrogens with one attached hydrogen (secondary N) is 1. The lowest BCUT2D eigenvalue weighted by Crippen LogP contribution is -2.57. The highest BCUT2D eigenvalue weighted by Crippen LogP contribution is 2.66. The quantitative estimate of drug-likeness (QED) is 0.704. The molecule has 6 rings (SSSR count). The Kier molecular flexibility index (Phi) is 4.96. The van der Waals surface area contributed by atoms with Crippen molar-refractivity contribution >= 4 is 21.7 Å². The molecule has 4 bridgehead atoms. The normalized spacial score (nSPS) is 37.5. The molecule has 31 heavy (non-hydrogen) atoms. The maximum Gasteiger partial charge on any atom is 0.312 e. The van der Waals surface area contributed by atoms with E-state index in [1.807, 2.05) is 0 Å². The van der Waals surface area contributed by atoms with Crippen molar-refractivity contribution in [2.45, 2.75) is 63.3 Å². The number of amides is 1. The van der Waals surface area contributed by atoms with Crippen LogP contribution in [0.3, 0.4) is 0 Å². The molecule has 0 radical (unpaired) electrons. The molecular weight excluding hydrogens is 414 g/mol. The number of ether oxygens (including phenoxy) is 1. The summed E-state index contributed by atoms with van der Waals surface area (Å²) in [5.74, 6) is 0.491. The van der Waals surface area contributed by atoms with Gasteiger partial charge in [0.15, 0.2) is 16.4 Å². The van der Waals surface area contributed by atoms with Crippen LogP contribution in [0.5, 0.6) is 0 Å². The van der Waals surface area contributed by atoms with E-state index < -0.39 is 21.2 Å². The van der Waals surface area contributed by atoms with Crippen molar-refractivity contribution in [1.82, 2.24) is 5.32 Å². The zero-order valence-electron chi connectivity index (χ0n) is 18.1. The number of esters is 1. The summed E-state index contributed by atoms with van der Waals surface area (Å²) < 4.78 is 28.7. The van der Waals surface area contributed by atoms with Gasteiger partial charge in [0, 0.05) is 6.04 Å². The zero-order chi connectivity index (χ0) is 21.9. The Balaban J connectivity index is 1.27. The lowest BCUT2D eigenvalue weighted by atomic mass is 9.43. The number of carbonyl (C=O) groups is 2. The lowest BCUT2D eigenvalue weighted by molar-refractivity contribution is -0.175. The van der Waals surface area contributed by atoms with Crippen molar-refractivity contribution in [3.8, 4) is 0 Å². The molecule has 1 amide bonds. The summed E-state index contributed by atoms with van der Waals surface area (Å²) in [4.78, 5) is 25.5. The van der Waals surface area contributed by atoms with Crippen molar-refractivity contribution < 1.29 is 22.7 Å². The molecule has 6 nitrogen and oxygen atoms in total. The molecule has 5 fully saturated rings. The molecule has 1 aliphatic heterocycles. The minimum absolute atomic E-state index is 0.0287. The van der Waals surface area contributed by atoms with Crippen LogP contribution >= 0.6 is 0 Å². The van der Waals surface area contributed by atoms with Gasteiger partial charge in [-0.25, -0.2) is 8.42 Å². The van der Waals surface area contributed by atoms with Crippen molar-refractivity contribution in [1.29, 1.82) is 0 Å². The third kappa shape index (κ3) is 3.90. The lowest BCUT2D eigenvalue weighted by Gasteiger charge is -2.61. The number of rotatable bonds is 5. The molecule has 3 atom stereocenters. The Labute approximate surface area is 184 Å². The Morgan fingerprint density at radius 1 is 1.10 bits per heavy atom.